The fraction of sp³-hybridized carbons (Fsp3) is 0.333. The molecule has 0 amide bonds. The van der Waals surface area contributed by atoms with Gasteiger partial charge in [0, 0.05) is 5.56 Å². The first-order chi connectivity index (χ1) is 11.8. The van der Waals surface area contributed by atoms with Crippen LogP contribution >= 0.6 is 50.6 Å². The maximum Gasteiger partial charge on any atom is 0.367 e. The van der Waals surface area contributed by atoms with Gasteiger partial charge in [-0.3, -0.25) is 0 Å². The van der Waals surface area contributed by atoms with Crippen LogP contribution in [-0.2, 0) is 11.3 Å². The molecule has 1 heterocycles. The molecule has 1 aliphatic carbocycles. The van der Waals surface area contributed by atoms with Crippen molar-refractivity contribution in [3.05, 3.63) is 49.8 Å². The van der Waals surface area contributed by atoms with Crippen LogP contribution in [0.5, 0.6) is 0 Å². The Hall–Kier alpha value is -0.820. The van der Waals surface area contributed by atoms with Crippen LogP contribution in [0.3, 0.4) is 0 Å². The number of benzene rings is 1. The lowest BCUT2D eigenvalue weighted by atomic mass is 9.75. The van der Waals surface area contributed by atoms with E-state index in [1.807, 2.05) is 6.26 Å². The second kappa shape index (κ2) is 7.43. The Morgan fingerprint density at radius 3 is 2.76 bits per heavy atom. The zero-order valence-corrected chi connectivity index (χ0v) is 18.0. The molecule has 3 nitrogen and oxygen atoms in total. The molecule has 0 fully saturated rings. The Morgan fingerprint density at radius 1 is 1.36 bits per heavy atom. The summed E-state index contributed by atoms with van der Waals surface area (Å²) < 4.78 is 2.31. The quantitative estimate of drug-likeness (QED) is 0.302. The highest BCUT2D eigenvalue weighted by Crippen LogP contribution is 2.46. The second-order valence-electron chi connectivity index (χ2n) is 6.64. The topological polar surface area (TPSA) is 38.7 Å². The maximum atomic E-state index is 12.3. The summed E-state index contributed by atoms with van der Waals surface area (Å²) in [7, 11) is 0. The largest absolute Gasteiger partial charge is 0.367 e. The van der Waals surface area contributed by atoms with Crippen LogP contribution in [0.1, 0.15) is 41.8 Å². The first-order valence-corrected chi connectivity index (χ1v) is 10.9. The highest BCUT2D eigenvalue weighted by Gasteiger charge is 2.35. The number of hydrogen-bond donors (Lipinski definition) is 0. The fourth-order valence-corrected chi connectivity index (χ4v) is 6.13. The number of rotatable bonds is 3. The van der Waals surface area contributed by atoms with Gasteiger partial charge in [-0.2, -0.15) is 0 Å². The average molecular weight is 459 g/mol. The van der Waals surface area contributed by atoms with E-state index in [4.69, 9.17) is 16.4 Å². The lowest BCUT2D eigenvalue weighted by Gasteiger charge is -2.30. The molecular formula is C18H17BrClNO2S2. The van der Waals surface area contributed by atoms with Crippen LogP contribution in [-0.4, -0.2) is 17.9 Å². The molecular weight excluding hydrogens is 442 g/mol. The number of thiophene rings is 1. The van der Waals surface area contributed by atoms with Crippen molar-refractivity contribution in [1.29, 1.82) is 0 Å². The molecule has 0 saturated carbocycles. The number of oxime groups is 1. The van der Waals surface area contributed by atoms with E-state index in [1.165, 1.54) is 9.77 Å². The first-order valence-electron chi connectivity index (χ1n) is 7.70. The lowest BCUT2D eigenvalue weighted by molar-refractivity contribution is 0.0514. The van der Waals surface area contributed by atoms with E-state index in [9.17, 15) is 4.79 Å². The molecule has 1 aromatic carbocycles. The van der Waals surface area contributed by atoms with E-state index in [0.29, 0.717) is 10.6 Å². The van der Waals surface area contributed by atoms with Crippen LogP contribution in [0.25, 0.3) is 0 Å². The molecule has 0 N–H and O–H groups in total. The van der Waals surface area contributed by atoms with Gasteiger partial charge in [0.1, 0.15) is 0 Å². The monoisotopic (exact) mass is 457 g/mol. The van der Waals surface area contributed by atoms with E-state index in [1.54, 1.807) is 47.4 Å². The third-order valence-corrected chi connectivity index (χ3v) is 7.47. The SMILES string of the molecule is CSc1sc(Br)c2c1C(=NOC(=O)c1ccccc1Cl)CC(C)(C)C2. The fourth-order valence-electron chi connectivity index (χ4n) is 2.94. The summed E-state index contributed by atoms with van der Waals surface area (Å²) in [6.07, 6.45) is 3.77. The second-order valence-corrected chi connectivity index (χ2v) is 10.5. The maximum absolute atomic E-state index is 12.3. The summed E-state index contributed by atoms with van der Waals surface area (Å²) in [6.45, 7) is 4.40. The molecule has 0 spiro atoms. The zero-order chi connectivity index (χ0) is 18.2. The molecule has 3 rings (SSSR count). The van der Waals surface area contributed by atoms with E-state index in [2.05, 4.69) is 34.9 Å². The minimum Gasteiger partial charge on any atom is -0.312 e. The Balaban J connectivity index is 1.95. The highest BCUT2D eigenvalue weighted by molar-refractivity contribution is 9.11. The number of carbonyl (C=O) groups is 1. The summed E-state index contributed by atoms with van der Waals surface area (Å²) in [6, 6.07) is 6.82. The summed E-state index contributed by atoms with van der Waals surface area (Å²) in [4.78, 5) is 17.6. The molecule has 132 valence electrons. The summed E-state index contributed by atoms with van der Waals surface area (Å²) in [5.74, 6) is -0.539. The minimum absolute atomic E-state index is 0.0574. The van der Waals surface area contributed by atoms with Crippen LogP contribution in [0.4, 0.5) is 0 Å². The number of carbonyl (C=O) groups excluding carboxylic acids is 1. The van der Waals surface area contributed by atoms with Gasteiger partial charge in [-0.25, -0.2) is 4.79 Å². The number of thioether (sulfide) groups is 1. The van der Waals surface area contributed by atoms with Gasteiger partial charge in [0.2, 0.25) is 0 Å². The van der Waals surface area contributed by atoms with Crippen LogP contribution in [0.2, 0.25) is 5.02 Å². The molecule has 0 atom stereocenters. The van der Waals surface area contributed by atoms with Crippen molar-refractivity contribution in [3.63, 3.8) is 0 Å². The number of fused-ring (bicyclic) bond motifs is 1. The van der Waals surface area contributed by atoms with Gasteiger partial charge in [-0.05, 0) is 58.1 Å². The van der Waals surface area contributed by atoms with Crippen LogP contribution in [0.15, 0.2) is 37.4 Å². The van der Waals surface area contributed by atoms with Crippen LogP contribution < -0.4 is 0 Å². The molecule has 0 aliphatic heterocycles. The summed E-state index contributed by atoms with van der Waals surface area (Å²) in [5, 5.41) is 4.60. The summed E-state index contributed by atoms with van der Waals surface area (Å²) >= 11 is 13.1. The van der Waals surface area contributed by atoms with Crippen molar-refractivity contribution in [3.8, 4) is 0 Å². The Kier molecular flexibility index (Phi) is 5.63. The Morgan fingerprint density at radius 2 is 2.08 bits per heavy atom. The van der Waals surface area contributed by atoms with Crippen molar-refractivity contribution in [2.45, 2.75) is 30.9 Å². The van der Waals surface area contributed by atoms with Crippen molar-refractivity contribution in [2.24, 2.45) is 10.6 Å². The average Bonchev–Trinajstić information content (AvgIpc) is 2.87. The van der Waals surface area contributed by atoms with Gasteiger partial charge >= 0.3 is 5.97 Å². The van der Waals surface area contributed by atoms with Crippen LogP contribution in [0, 0.1) is 5.41 Å². The number of hydrogen-bond acceptors (Lipinski definition) is 5. The normalized spacial score (nSPS) is 17.4. The summed E-state index contributed by atoms with van der Waals surface area (Å²) in [5.41, 5.74) is 3.55. The number of nitrogens with zero attached hydrogens (tertiary/aromatic N) is 1. The van der Waals surface area contributed by atoms with Gasteiger partial charge in [-0.1, -0.05) is 42.7 Å². The highest BCUT2D eigenvalue weighted by atomic mass is 79.9. The number of halogens is 2. The van der Waals surface area contributed by atoms with E-state index < -0.39 is 5.97 Å². The lowest BCUT2D eigenvalue weighted by Crippen LogP contribution is -2.27. The van der Waals surface area contributed by atoms with E-state index in [0.717, 1.165) is 27.9 Å². The van der Waals surface area contributed by atoms with Crippen molar-refractivity contribution >= 4 is 62.3 Å². The molecule has 0 bridgehead atoms. The smallest absolute Gasteiger partial charge is 0.312 e. The zero-order valence-electron chi connectivity index (χ0n) is 14.1. The molecule has 0 radical (unpaired) electrons. The molecule has 2 aromatic rings. The molecule has 1 aliphatic rings. The van der Waals surface area contributed by atoms with Gasteiger partial charge in [0.25, 0.3) is 0 Å². The molecule has 7 heteroatoms. The Bertz CT molecular complexity index is 861. The van der Waals surface area contributed by atoms with Gasteiger partial charge in [0.15, 0.2) is 0 Å². The van der Waals surface area contributed by atoms with E-state index >= 15 is 0 Å². The first kappa shape index (κ1) is 19.0. The van der Waals surface area contributed by atoms with Gasteiger partial charge in [0.05, 0.1) is 24.3 Å². The molecule has 0 saturated heterocycles. The van der Waals surface area contributed by atoms with Crippen molar-refractivity contribution in [1.82, 2.24) is 0 Å². The van der Waals surface area contributed by atoms with E-state index in [-0.39, 0.29) is 5.41 Å². The standard InChI is InChI=1S/C18H17BrClNO2S2/c1-18(2)8-11-14(17(24-3)25-15(11)19)13(9-18)21-23-16(22)10-6-4-5-7-12(10)20/h4-7H,8-9H2,1-3H3. The van der Waals surface area contributed by atoms with Crippen molar-refractivity contribution in [2.75, 3.05) is 6.26 Å². The Labute approximate surface area is 168 Å². The molecule has 25 heavy (non-hydrogen) atoms. The van der Waals surface area contributed by atoms with Gasteiger partial charge in [-0.15, -0.1) is 23.1 Å². The molecule has 0 unspecified atom stereocenters. The predicted molar refractivity (Wildman–Crippen MR) is 109 cm³/mol. The predicted octanol–water partition coefficient (Wildman–Crippen LogP) is 6.42. The van der Waals surface area contributed by atoms with Crippen molar-refractivity contribution < 1.29 is 9.63 Å². The third-order valence-electron chi connectivity index (χ3n) is 4.03. The third kappa shape index (κ3) is 3.97. The molecule has 1 aromatic heterocycles. The minimum atomic E-state index is -0.539. The van der Waals surface area contributed by atoms with Gasteiger partial charge < -0.3 is 4.84 Å².